The second-order valence-corrected chi connectivity index (χ2v) is 3.01. The van der Waals surface area contributed by atoms with Gasteiger partial charge in [-0.25, -0.2) is 0 Å². The first-order valence-corrected chi connectivity index (χ1v) is 4.53. The van der Waals surface area contributed by atoms with E-state index >= 15 is 0 Å². The van der Waals surface area contributed by atoms with Crippen molar-refractivity contribution in [3.05, 3.63) is 23.5 Å². The zero-order valence-corrected chi connectivity index (χ0v) is 8.46. The number of aryl methyl sites for hydroxylation is 1. The predicted molar refractivity (Wildman–Crippen MR) is 56.1 cm³/mol. The summed E-state index contributed by atoms with van der Waals surface area (Å²) in [6.07, 6.45) is 1.59. The number of pyridine rings is 1. The molecule has 1 heterocycles. The number of nitrogens with one attached hydrogen (secondary N) is 2. The number of nitriles is 1. The summed E-state index contributed by atoms with van der Waals surface area (Å²) in [5.74, 6) is 0. The largest absolute Gasteiger partial charge is 0.383 e. The minimum absolute atomic E-state index is 0.590. The van der Waals surface area contributed by atoms with Crippen LogP contribution in [0.4, 0.5) is 5.69 Å². The zero-order valence-electron chi connectivity index (χ0n) is 8.46. The van der Waals surface area contributed by atoms with E-state index in [1.54, 1.807) is 6.20 Å². The number of likely N-dealkylation sites (N-methyl/N-ethyl adjacent to an activating group) is 1. The first kappa shape index (κ1) is 10.5. The summed E-state index contributed by atoms with van der Waals surface area (Å²) in [4.78, 5) is 4.06. The van der Waals surface area contributed by atoms with Gasteiger partial charge in [0, 0.05) is 25.0 Å². The summed E-state index contributed by atoms with van der Waals surface area (Å²) >= 11 is 0. The lowest BCUT2D eigenvalue weighted by Crippen LogP contribution is -2.18. The Labute approximate surface area is 84.0 Å². The highest BCUT2D eigenvalue weighted by molar-refractivity contribution is 5.56. The Morgan fingerprint density at radius 3 is 2.93 bits per heavy atom. The topological polar surface area (TPSA) is 60.7 Å². The van der Waals surface area contributed by atoms with Gasteiger partial charge >= 0.3 is 0 Å². The molecule has 0 saturated heterocycles. The molecular formula is C10H14N4. The van der Waals surface area contributed by atoms with E-state index in [0.29, 0.717) is 5.56 Å². The van der Waals surface area contributed by atoms with Gasteiger partial charge in [0.15, 0.2) is 0 Å². The van der Waals surface area contributed by atoms with Crippen LogP contribution in [0.2, 0.25) is 0 Å². The highest BCUT2D eigenvalue weighted by atomic mass is 14.9. The van der Waals surface area contributed by atoms with Gasteiger partial charge in [-0.15, -0.1) is 0 Å². The highest BCUT2D eigenvalue weighted by Gasteiger charge is 2.01. The molecule has 0 saturated carbocycles. The molecule has 0 atom stereocenters. The number of hydrogen-bond acceptors (Lipinski definition) is 4. The molecule has 1 rings (SSSR count). The third-order valence-electron chi connectivity index (χ3n) is 1.85. The fraction of sp³-hybridized carbons (Fsp3) is 0.400. The third-order valence-corrected chi connectivity index (χ3v) is 1.85. The van der Waals surface area contributed by atoms with E-state index in [0.717, 1.165) is 24.5 Å². The molecule has 0 aliphatic rings. The van der Waals surface area contributed by atoms with Crippen molar-refractivity contribution in [3.8, 4) is 6.07 Å². The molecule has 0 fully saturated rings. The Kier molecular flexibility index (Phi) is 3.89. The average Bonchev–Trinajstić information content (AvgIpc) is 2.19. The van der Waals surface area contributed by atoms with Gasteiger partial charge in [-0.1, -0.05) is 0 Å². The normalized spacial score (nSPS) is 9.50. The quantitative estimate of drug-likeness (QED) is 0.692. The number of anilines is 1. The van der Waals surface area contributed by atoms with Gasteiger partial charge < -0.3 is 10.6 Å². The molecule has 0 aliphatic carbocycles. The first-order valence-electron chi connectivity index (χ1n) is 4.53. The minimum Gasteiger partial charge on any atom is -0.383 e. The molecule has 0 radical (unpaired) electrons. The first-order chi connectivity index (χ1) is 6.77. The number of rotatable bonds is 4. The molecular weight excluding hydrogens is 176 g/mol. The standard InChI is InChI=1S/C10H14N4/c1-8-5-10(13-4-3-12-2)9(6-11)7-14-8/h5,7,12H,3-4H2,1-2H3,(H,13,14). The molecule has 14 heavy (non-hydrogen) atoms. The van der Waals surface area contributed by atoms with Crippen molar-refractivity contribution in [1.29, 1.82) is 5.26 Å². The lowest BCUT2D eigenvalue weighted by atomic mass is 10.2. The van der Waals surface area contributed by atoms with Crippen molar-refractivity contribution in [2.45, 2.75) is 6.92 Å². The van der Waals surface area contributed by atoms with Gasteiger partial charge in [-0.3, -0.25) is 4.98 Å². The van der Waals surface area contributed by atoms with E-state index in [2.05, 4.69) is 21.7 Å². The Balaban J connectivity index is 2.73. The Morgan fingerprint density at radius 2 is 2.29 bits per heavy atom. The summed E-state index contributed by atoms with van der Waals surface area (Å²) in [7, 11) is 1.89. The molecule has 0 bridgehead atoms. The van der Waals surface area contributed by atoms with E-state index in [4.69, 9.17) is 5.26 Å². The lowest BCUT2D eigenvalue weighted by molar-refractivity contribution is 0.823. The summed E-state index contributed by atoms with van der Waals surface area (Å²) in [6, 6.07) is 3.99. The van der Waals surface area contributed by atoms with Crippen LogP contribution in [-0.4, -0.2) is 25.1 Å². The van der Waals surface area contributed by atoms with Crippen LogP contribution < -0.4 is 10.6 Å². The SMILES string of the molecule is CNCCNc1cc(C)ncc1C#N. The van der Waals surface area contributed by atoms with Crippen LogP contribution in [-0.2, 0) is 0 Å². The molecule has 74 valence electrons. The van der Waals surface area contributed by atoms with Crippen LogP contribution in [0.3, 0.4) is 0 Å². The van der Waals surface area contributed by atoms with Crippen LogP contribution in [0.25, 0.3) is 0 Å². The smallest absolute Gasteiger partial charge is 0.103 e. The second kappa shape index (κ2) is 5.20. The molecule has 0 spiro atoms. The van der Waals surface area contributed by atoms with Crippen molar-refractivity contribution in [2.75, 3.05) is 25.5 Å². The van der Waals surface area contributed by atoms with Crippen LogP contribution in [0.5, 0.6) is 0 Å². The molecule has 4 heteroatoms. The number of nitrogens with zero attached hydrogens (tertiary/aromatic N) is 2. The van der Waals surface area contributed by atoms with Gasteiger partial charge in [0.1, 0.15) is 6.07 Å². The molecule has 0 amide bonds. The maximum atomic E-state index is 8.82. The zero-order chi connectivity index (χ0) is 10.4. The van der Waals surface area contributed by atoms with Gasteiger partial charge in [0.2, 0.25) is 0 Å². The molecule has 0 unspecified atom stereocenters. The van der Waals surface area contributed by atoms with E-state index in [1.807, 2.05) is 20.0 Å². The van der Waals surface area contributed by atoms with E-state index in [9.17, 15) is 0 Å². The summed E-state index contributed by atoms with van der Waals surface area (Å²) in [5, 5.41) is 15.0. The van der Waals surface area contributed by atoms with E-state index < -0.39 is 0 Å². The van der Waals surface area contributed by atoms with Gasteiger partial charge in [-0.2, -0.15) is 5.26 Å². The Morgan fingerprint density at radius 1 is 1.50 bits per heavy atom. The summed E-state index contributed by atoms with van der Waals surface area (Å²) < 4.78 is 0. The molecule has 4 nitrogen and oxygen atoms in total. The molecule has 0 aliphatic heterocycles. The monoisotopic (exact) mass is 190 g/mol. The Hall–Kier alpha value is -1.60. The van der Waals surface area contributed by atoms with Gasteiger partial charge in [-0.05, 0) is 20.0 Å². The minimum atomic E-state index is 0.590. The molecule has 1 aromatic rings. The van der Waals surface area contributed by atoms with Crippen molar-refractivity contribution in [1.82, 2.24) is 10.3 Å². The second-order valence-electron chi connectivity index (χ2n) is 3.01. The lowest BCUT2D eigenvalue weighted by Gasteiger charge is -2.07. The number of hydrogen-bond donors (Lipinski definition) is 2. The van der Waals surface area contributed by atoms with Crippen molar-refractivity contribution >= 4 is 5.69 Å². The number of aromatic nitrogens is 1. The van der Waals surface area contributed by atoms with Crippen LogP contribution in [0.15, 0.2) is 12.3 Å². The maximum absolute atomic E-state index is 8.82. The predicted octanol–water partition coefficient (Wildman–Crippen LogP) is 0.893. The van der Waals surface area contributed by atoms with Crippen molar-refractivity contribution < 1.29 is 0 Å². The molecule has 2 N–H and O–H groups in total. The molecule has 0 aromatic carbocycles. The fourth-order valence-corrected chi connectivity index (χ4v) is 1.12. The van der Waals surface area contributed by atoms with Gasteiger partial charge in [0.25, 0.3) is 0 Å². The summed E-state index contributed by atoms with van der Waals surface area (Å²) in [6.45, 7) is 3.57. The fourth-order valence-electron chi connectivity index (χ4n) is 1.12. The maximum Gasteiger partial charge on any atom is 0.103 e. The Bertz CT molecular complexity index is 340. The van der Waals surface area contributed by atoms with E-state index in [-0.39, 0.29) is 0 Å². The highest BCUT2D eigenvalue weighted by Crippen LogP contribution is 2.13. The van der Waals surface area contributed by atoms with Gasteiger partial charge in [0.05, 0.1) is 11.3 Å². The van der Waals surface area contributed by atoms with E-state index in [1.165, 1.54) is 0 Å². The third kappa shape index (κ3) is 2.71. The van der Waals surface area contributed by atoms with Crippen LogP contribution in [0, 0.1) is 18.3 Å². The molecule has 1 aromatic heterocycles. The van der Waals surface area contributed by atoms with Crippen LogP contribution >= 0.6 is 0 Å². The summed E-state index contributed by atoms with van der Waals surface area (Å²) in [5.41, 5.74) is 2.36. The van der Waals surface area contributed by atoms with Crippen LogP contribution in [0.1, 0.15) is 11.3 Å². The average molecular weight is 190 g/mol. The van der Waals surface area contributed by atoms with Crippen molar-refractivity contribution in [3.63, 3.8) is 0 Å². The van der Waals surface area contributed by atoms with Crippen molar-refractivity contribution in [2.24, 2.45) is 0 Å².